The second-order valence-corrected chi connectivity index (χ2v) is 9.59. The van der Waals surface area contributed by atoms with Crippen LogP contribution in [0.25, 0.3) is 43.6 Å². The zero-order valence-corrected chi connectivity index (χ0v) is 21.1. The standard InChI is InChI=1S/C28H28N4O4/c1-30(2)11-8-12-32-18-14-20(36-5)19(35-4)13-16(18)22-24-23(27(33)29-28(24)34)21-15-9-6-7-10-17(15)31(3)25(21)26(22)32/h6-7,9-10,13-14H,8,11-12H2,1-5H3,(H,29,33,34). The number of hydrogen-bond donors (Lipinski definition) is 1. The molecule has 0 saturated heterocycles. The van der Waals surface area contributed by atoms with Crippen molar-refractivity contribution in [2.45, 2.75) is 13.0 Å². The van der Waals surface area contributed by atoms with Gasteiger partial charge in [-0.15, -0.1) is 0 Å². The number of carbonyl (C=O) groups is 2. The number of aromatic nitrogens is 2. The van der Waals surface area contributed by atoms with Crippen LogP contribution in [0, 0.1) is 0 Å². The van der Waals surface area contributed by atoms with Crippen LogP contribution in [-0.2, 0) is 13.6 Å². The highest BCUT2D eigenvalue weighted by molar-refractivity contribution is 6.39. The highest BCUT2D eigenvalue weighted by Crippen LogP contribution is 2.46. The van der Waals surface area contributed by atoms with E-state index in [1.54, 1.807) is 14.2 Å². The monoisotopic (exact) mass is 484 g/mol. The van der Waals surface area contributed by atoms with E-state index in [4.69, 9.17) is 9.47 Å². The van der Waals surface area contributed by atoms with E-state index in [2.05, 4.69) is 33.4 Å². The number of fused-ring (bicyclic) bond motifs is 10. The van der Waals surface area contributed by atoms with Crippen LogP contribution in [0.1, 0.15) is 27.1 Å². The van der Waals surface area contributed by atoms with Gasteiger partial charge in [-0.3, -0.25) is 14.9 Å². The van der Waals surface area contributed by atoms with Gasteiger partial charge in [0.25, 0.3) is 11.8 Å². The molecule has 3 heterocycles. The minimum absolute atomic E-state index is 0.354. The summed E-state index contributed by atoms with van der Waals surface area (Å²) in [5, 5.41) is 5.97. The molecule has 0 spiro atoms. The fourth-order valence-corrected chi connectivity index (χ4v) is 5.81. The average molecular weight is 485 g/mol. The summed E-state index contributed by atoms with van der Waals surface area (Å²) in [5.41, 5.74) is 4.71. The fraction of sp³-hybridized carbons (Fsp3) is 0.286. The summed E-state index contributed by atoms with van der Waals surface area (Å²) in [7, 11) is 9.36. The number of para-hydroxylation sites is 1. The van der Waals surface area contributed by atoms with E-state index >= 15 is 0 Å². The lowest BCUT2D eigenvalue weighted by molar-refractivity contribution is 0.0880. The van der Waals surface area contributed by atoms with Crippen molar-refractivity contribution in [2.24, 2.45) is 7.05 Å². The summed E-state index contributed by atoms with van der Waals surface area (Å²) >= 11 is 0. The van der Waals surface area contributed by atoms with Crippen LogP contribution in [0.4, 0.5) is 0 Å². The van der Waals surface area contributed by atoms with Crippen LogP contribution in [0.2, 0.25) is 0 Å². The van der Waals surface area contributed by atoms with Crippen molar-refractivity contribution in [1.82, 2.24) is 19.4 Å². The fourth-order valence-electron chi connectivity index (χ4n) is 5.81. The van der Waals surface area contributed by atoms with Gasteiger partial charge in [-0.1, -0.05) is 18.2 Å². The Labute approximate surface area is 207 Å². The second kappa shape index (κ2) is 7.99. The van der Waals surface area contributed by atoms with Gasteiger partial charge < -0.3 is 23.5 Å². The van der Waals surface area contributed by atoms with Gasteiger partial charge in [-0.25, -0.2) is 0 Å². The minimum Gasteiger partial charge on any atom is -0.493 e. The second-order valence-electron chi connectivity index (χ2n) is 9.59. The van der Waals surface area contributed by atoms with Crippen molar-refractivity contribution in [3.63, 3.8) is 0 Å². The molecule has 6 rings (SSSR count). The molecule has 2 aromatic heterocycles. The third-order valence-electron chi connectivity index (χ3n) is 7.32. The van der Waals surface area contributed by atoms with Gasteiger partial charge >= 0.3 is 0 Å². The molecule has 1 aliphatic heterocycles. The lowest BCUT2D eigenvalue weighted by Crippen LogP contribution is -2.20. The maximum Gasteiger partial charge on any atom is 0.259 e. The Hall–Kier alpha value is -4.04. The van der Waals surface area contributed by atoms with Gasteiger partial charge in [0.1, 0.15) is 0 Å². The number of nitrogens with zero attached hydrogens (tertiary/aromatic N) is 3. The molecule has 36 heavy (non-hydrogen) atoms. The first-order valence-electron chi connectivity index (χ1n) is 12.0. The molecule has 3 aromatic carbocycles. The largest absolute Gasteiger partial charge is 0.493 e. The van der Waals surface area contributed by atoms with Crippen LogP contribution in [0.15, 0.2) is 36.4 Å². The predicted molar refractivity (Wildman–Crippen MR) is 141 cm³/mol. The summed E-state index contributed by atoms with van der Waals surface area (Å²) in [6.07, 6.45) is 0.911. The number of nitrogens with one attached hydrogen (secondary N) is 1. The molecule has 184 valence electrons. The topological polar surface area (TPSA) is 77.7 Å². The molecular formula is C28H28N4O4. The average Bonchev–Trinajstić information content (AvgIpc) is 3.45. The Bertz CT molecular complexity index is 1740. The first-order valence-corrected chi connectivity index (χ1v) is 12.0. The molecule has 0 fully saturated rings. The van der Waals surface area contributed by atoms with Crippen molar-refractivity contribution in [3.8, 4) is 11.5 Å². The first-order chi connectivity index (χ1) is 17.4. The van der Waals surface area contributed by atoms with E-state index in [-0.39, 0.29) is 11.8 Å². The van der Waals surface area contributed by atoms with Crippen molar-refractivity contribution in [2.75, 3.05) is 34.9 Å². The molecule has 2 amide bonds. The first kappa shape index (κ1) is 22.4. The van der Waals surface area contributed by atoms with Crippen molar-refractivity contribution >= 4 is 55.4 Å². The van der Waals surface area contributed by atoms with E-state index < -0.39 is 0 Å². The quantitative estimate of drug-likeness (QED) is 0.364. The maximum absolute atomic E-state index is 13.3. The Morgan fingerprint density at radius 3 is 2.17 bits per heavy atom. The van der Waals surface area contributed by atoms with Crippen LogP contribution in [-0.4, -0.2) is 60.7 Å². The molecule has 0 unspecified atom stereocenters. The van der Waals surface area contributed by atoms with Crippen molar-refractivity contribution in [1.29, 1.82) is 0 Å². The van der Waals surface area contributed by atoms with Gasteiger partial charge in [0, 0.05) is 46.7 Å². The molecule has 0 saturated carbocycles. The smallest absolute Gasteiger partial charge is 0.259 e. The van der Waals surface area contributed by atoms with Gasteiger partial charge in [0.15, 0.2) is 11.5 Å². The van der Waals surface area contributed by atoms with Crippen LogP contribution < -0.4 is 14.8 Å². The predicted octanol–water partition coefficient (Wildman–Crippen LogP) is 4.29. The lowest BCUT2D eigenvalue weighted by atomic mass is 9.96. The number of carbonyl (C=O) groups excluding carboxylic acids is 2. The molecular weight excluding hydrogens is 456 g/mol. The minimum atomic E-state index is -0.364. The van der Waals surface area contributed by atoms with E-state index in [0.717, 1.165) is 63.1 Å². The number of imide groups is 1. The Morgan fingerprint density at radius 2 is 1.50 bits per heavy atom. The van der Waals surface area contributed by atoms with Crippen LogP contribution in [0.5, 0.6) is 11.5 Å². The summed E-state index contributed by atoms with van der Waals surface area (Å²) in [6.45, 7) is 1.65. The summed E-state index contributed by atoms with van der Waals surface area (Å²) in [6, 6.07) is 11.9. The molecule has 1 N–H and O–H groups in total. The Balaban J connectivity index is 1.88. The number of rotatable bonds is 6. The summed E-state index contributed by atoms with van der Waals surface area (Å²) in [4.78, 5) is 28.7. The van der Waals surface area contributed by atoms with Gasteiger partial charge in [-0.2, -0.15) is 0 Å². The van der Waals surface area contributed by atoms with Gasteiger partial charge in [0.2, 0.25) is 0 Å². The third kappa shape index (κ3) is 2.91. The Kier molecular flexibility index (Phi) is 4.98. The number of ether oxygens (including phenoxy) is 2. The number of amides is 2. The molecule has 0 radical (unpaired) electrons. The number of hydrogen-bond acceptors (Lipinski definition) is 5. The molecule has 8 heteroatoms. The third-order valence-corrected chi connectivity index (χ3v) is 7.32. The summed E-state index contributed by atoms with van der Waals surface area (Å²) in [5.74, 6) is 0.476. The number of aryl methyl sites for hydroxylation is 2. The number of benzene rings is 3. The molecule has 8 nitrogen and oxygen atoms in total. The normalized spacial score (nSPS) is 13.5. The summed E-state index contributed by atoms with van der Waals surface area (Å²) < 4.78 is 15.7. The van der Waals surface area contributed by atoms with Crippen LogP contribution in [0.3, 0.4) is 0 Å². The molecule has 0 bridgehead atoms. The molecule has 5 aromatic rings. The lowest BCUT2D eigenvalue weighted by Gasteiger charge is -2.14. The Morgan fingerprint density at radius 1 is 0.861 bits per heavy atom. The number of methoxy groups -OCH3 is 2. The van der Waals surface area contributed by atoms with E-state index in [1.807, 2.05) is 43.4 Å². The van der Waals surface area contributed by atoms with Gasteiger partial charge in [0.05, 0.1) is 41.9 Å². The highest BCUT2D eigenvalue weighted by Gasteiger charge is 2.36. The van der Waals surface area contributed by atoms with Crippen LogP contribution >= 0.6 is 0 Å². The van der Waals surface area contributed by atoms with E-state index in [0.29, 0.717) is 22.6 Å². The zero-order valence-electron chi connectivity index (χ0n) is 21.1. The van der Waals surface area contributed by atoms with E-state index in [9.17, 15) is 9.59 Å². The maximum atomic E-state index is 13.3. The van der Waals surface area contributed by atoms with Crippen molar-refractivity contribution < 1.29 is 19.1 Å². The molecule has 0 atom stereocenters. The zero-order chi connectivity index (χ0) is 25.3. The SMILES string of the molecule is COc1cc2c3c4c(c5c6ccccc6n(C)c5c3n(CCCN(C)C)c2cc1OC)C(=O)NC4=O. The molecule has 1 aliphatic rings. The van der Waals surface area contributed by atoms with E-state index in [1.165, 1.54) is 0 Å². The highest BCUT2D eigenvalue weighted by atomic mass is 16.5. The van der Waals surface area contributed by atoms with Crippen molar-refractivity contribution in [3.05, 3.63) is 47.5 Å². The van der Waals surface area contributed by atoms with Gasteiger partial charge in [-0.05, 0) is 39.2 Å². The molecule has 0 aliphatic carbocycles.